The number of hydrogen-bond acceptors (Lipinski definition) is 4. The fourth-order valence-corrected chi connectivity index (χ4v) is 2.76. The Labute approximate surface area is 127 Å². The van der Waals surface area contributed by atoms with Gasteiger partial charge in [0.15, 0.2) is 11.4 Å². The van der Waals surface area contributed by atoms with Crippen LogP contribution in [0.15, 0.2) is 30.5 Å². The van der Waals surface area contributed by atoms with Crippen molar-refractivity contribution < 1.29 is 14.7 Å². The third-order valence-corrected chi connectivity index (χ3v) is 3.98. The number of nitrogens with zero attached hydrogens (tertiary/aromatic N) is 2. The van der Waals surface area contributed by atoms with Gasteiger partial charge in [0.05, 0.1) is 17.7 Å². The first-order chi connectivity index (χ1) is 10.5. The zero-order valence-electron chi connectivity index (χ0n) is 12.5. The van der Waals surface area contributed by atoms with E-state index in [0.29, 0.717) is 29.1 Å². The molecule has 2 N–H and O–H groups in total. The molecule has 1 atom stereocenters. The Balaban J connectivity index is 1.93. The number of aryl methyl sites for hydroxylation is 2. The zero-order chi connectivity index (χ0) is 15.9. The van der Waals surface area contributed by atoms with Crippen LogP contribution in [-0.4, -0.2) is 26.6 Å². The fraction of sp³-hybridized carbons (Fsp3) is 0.312. The highest BCUT2D eigenvalue weighted by molar-refractivity contribution is 6.09. The van der Waals surface area contributed by atoms with Crippen molar-refractivity contribution >= 4 is 17.4 Å². The maximum atomic E-state index is 12.5. The number of fused-ring (bicyclic) bond motifs is 1. The number of para-hydroxylation sites is 1. The SMILES string of the molecule is CCn1cc(C(=O)CC2(O)C(=O)Nc3ccccc32)c(C)n1. The van der Waals surface area contributed by atoms with Gasteiger partial charge in [-0.05, 0) is 19.9 Å². The minimum atomic E-state index is -1.82. The van der Waals surface area contributed by atoms with E-state index < -0.39 is 11.5 Å². The first kappa shape index (κ1) is 14.5. The number of ketones is 1. The molecule has 0 aliphatic carbocycles. The van der Waals surface area contributed by atoms with E-state index in [1.807, 2.05) is 6.92 Å². The Morgan fingerprint density at radius 3 is 2.82 bits per heavy atom. The average molecular weight is 299 g/mol. The predicted molar refractivity (Wildman–Crippen MR) is 80.6 cm³/mol. The fourth-order valence-electron chi connectivity index (χ4n) is 2.76. The first-order valence-electron chi connectivity index (χ1n) is 7.16. The molecule has 1 aliphatic rings. The number of Topliss-reactive ketones (excluding diaryl/α,β-unsaturated/α-hetero) is 1. The number of aromatic nitrogens is 2. The normalized spacial score (nSPS) is 19.9. The predicted octanol–water partition coefficient (Wildman–Crippen LogP) is 1.62. The van der Waals surface area contributed by atoms with E-state index in [9.17, 15) is 14.7 Å². The van der Waals surface area contributed by atoms with Gasteiger partial charge in [0.2, 0.25) is 0 Å². The second-order valence-electron chi connectivity index (χ2n) is 5.44. The van der Waals surface area contributed by atoms with Crippen LogP contribution in [0.2, 0.25) is 0 Å². The number of benzene rings is 1. The number of aliphatic hydroxyl groups is 1. The lowest BCUT2D eigenvalue weighted by Gasteiger charge is -2.19. The standard InChI is InChI=1S/C16H17N3O3/c1-3-19-9-11(10(2)18-19)14(20)8-16(22)12-6-4-5-7-13(12)17-15(16)21/h4-7,9,22H,3,8H2,1-2H3,(H,17,21). The number of nitrogens with one attached hydrogen (secondary N) is 1. The maximum absolute atomic E-state index is 12.5. The summed E-state index contributed by atoms with van der Waals surface area (Å²) in [5.74, 6) is -0.867. The van der Waals surface area contributed by atoms with Crippen LogP contribution in [0.5, 0.6) is 0 Å². The summed E-state index contributed by atoms with van der Waals surface area (Å²) in [6, 6.07) is 6.86. The van der Waals surface area contributed by atoms with Crippen LogP contribution in [0.1, 0.15) is 35.0 Å². The topological polar surface area (TPSA) is 84.2 Å². The lowest BCUT2D eigenvalue weighted by atomic mass is 9.88. The van der Waals surface area contributed by atoms with E-state index in [0.717, 1.165) is 0 Å². The van der Waals surface area contributed by atoms with E-state index in [-0.39, 0.29) is 12.2 Å². The third-order valence-electron chi connectivity index (χ3n) is 3.98. The Bertz CT molecular complexity index is 766. The molecule has 2 aromatic rings. The molecule has 0 spiro atoms. The number of hydrogen-bond donors (Lipinski definition) is 2. The summed E-state index contributed by atoms with van der Waals surface area (Å²) in [4.78, 5) is 24.6. The van der Waals surface area contributed by atoms with Crippen LogP contribution in [-0.2, 0) is 16.9 Å². The number of carbonyl (C=O) groups is 2. The molecule has 6 nitrogen and oxygen atoms in total. The molecular formula is C16H17N3O3. The van der Waals surface area contributed by atoms with Gasteiger partial charge in [-0.15, -0.1) is 0 Å². The molecule has 6 heteroatoms. The van der Waals surface area contributed by atoms with Crippen LogP contribution in [0.3, 0.4) is 0 Å². The van der Waals surface area contributed by atoms with Crippen molar-refractivity contribution in [2.75, 3.05) is 5.32 Å². The molecule has 22 heavy (non-hydrogen) atoms. The summed E-state index contributed by atoms with van der Waals surface area (Å²) in [5, 5.41) is 17.6. The second-order valence-corrected chi connectivity index (χ2v) is 5.44. The minimum Gasteiger partial charge on any atom is -0.375 e. The van der Waals surface area contributed by atoms with Gasteiger partial charge in [-0.25, -0.2) is 0 Å². The lowest BCUT2D eigenvalue weighted by Crippen LogP contribution is -2.36. The van der Waals surface area contributed by atoms with Gasteiger partial charge in [0.1, 0.15) is 0 Å². The highest BCUT2D eigenvalue weighted by atomic mass is 16.3. The molecule has 2 heterocycles. The van der Waals surface area contributed by atoms with E-state index >= 15 is 0 Å². The summed E-state index contributed by atoms with van der Waals surface area (Å²) in [6.45, 7) is 4.32. The summed E-state index contributed by atoms with van der Waals surface area (Å²) in [7, 11) is 0. The molecule has 1 unspecified atom stereocenters. The smallest absolute Gasteiger partial charge is 0.261 e. The number of amides is 1. The van der Waals surface area contributed by atoms with Crippen LogP contribution in [0, 0.1) is 6.92 Å². The van der Waals surface area contributed by atoms with E-state index in [1.54, 1.807) is 42.1 Å². The number of rotatable bonds is 4. The van der Waals surface area contributed by atoms with Crippen molar-refractivity contribution in [2.24, 2.45) is 0 Å². The zero-order valence-corrected chi connectivity index (χ0v) is 12.5. The van der Waals surface area contributed by atoms with E-state index in [1.165, 1.54) is 0 Å². The minimum absolute atomic E-state index is 0.299. The Kier molecular flexibility index (Phi) is 3.33. The van der Waals surface area contributed by atoms with Gasteiger partial charge in [0, 0.05) is 24.0 Å². The monoisotopic (exact) mass is 299 g/mol. The largest absolute Gasteiger partial charge is 0.375 e. The van der Waals surface area contributed by atoms with Gasteiger partial charge in [0.25, 0.3) is 5.91 Å². The van der Waals surface area contributed by atoms with Gasteiger partial charge in [-0.1, -0.05) is 18.2 Å². The van der Waals surface area contributed by atoms with Crippen LogP contribution in [0.4, 0.5) is 5.69 Å². The van der Waals surface area contributed by atoms with Crippen LogP contribution < -0.4 is 5.32 Å². The van der Waals surface area contributed by atoms with Gasteiger partial charge < -0.3 is 10.4 Å². The third kappa shape index (κ3) is 2.12. The molecule has 3 rings (SSSR count). The summed E-state index contributed by atoms with van der Waals surface area (Å²) >= 11 is 0. The lowest BCUT2D eigenvalue weighted by molar-refractivity contribution is -0.133. The molecular weight excluding hydrogens is 282 g/mol. The quantitative estimate of drug-likeness (QED) is 0.840. The first-order valence-corrected chi connectivity index (χ1v) is 7.16. The van der Waals surface area contributed by atoms with E-state index in [4.69, 9.17) is 0 Å². The van der Waals surface area contributed by atoms with E-state index in [2.05, 4.69) is 10.4 Å². The second kappa shape index (κ2) is 5.06. The summed E-state index contributed by atoms with van der Waals surface area (Å²) in [6.07, 6.45) is 1.35. The maximum Gasteiger partial charge on any atom is 0.261 e. The van der Waals surface area contributed by atoms with Gasteiger partial charge >= 0.3 is 0 Å². The van der Waals surface area contributed by atoms with Gasteiger partial charge in [-0.2, -0.15) is 5.10 Å². The number of anilines is 1. The van der Waals surface area contributed by atoms with Crippen LogP contribution in [0.25, 0.3) is 0 Å². The molecule has 0 radical (unpaired) electrons. The highest BCUT2D eigenvalue weighted by Crippen LogP contribution is 2.38. The molecule has 1 aliphatic heterocycles. The number of carbonyl (C=O) groups excluding carboxylic acids is 2. The van der Waals surface area contributed by atoms with Gasteiger partial charge in [-0.3, -0.25) is 14.3 Å². The van der Waals surface area contributed by atoms with Crippen molar-refractivity contribution in [3.8, 4) is 0 Å². The molecule has 0 bridgehead atoms. The Morgan fingerprint density at radius 2 is 2.14 bits per heavy atom. The summed E-state index contributed by atoms with van der Waals surface area (Å²) < 4.78 is 1.66. The molecule has 114 valence electrons. The molecule has 0 fully saturated rings. The molecule has 0 saturated carbocycles. The van der Waals surface area contributed by atoms with Crippen molar-refractivity contribution in [1.29, 1.82) is 0 Å². The Morgan fingerprint density at radius 1 is 1.41 bits per heavy atom. The van der Waals surface area contributed by atoms with Crippen molar-refractivity contribution in [3.05, 3.63) is 47.3 Å². The van der Waals surface area contributed by atoms with Crippen molar-refractivity contribution in [3.63, 3.8) is 0 Å². The molecule has 1 aromatic carbocycles. The van der Waals surface area contributed by atoms with Crippen LogP contribution >= 0.6 is 0 Å². The van der Waals surface area contributed by atoms with Crippen molar-refractivity contribution in [1.82, 2.24) is 9.78 Å². The Hall–Kier alpha value is -2.47. The highest BCUT2D eigenvalue weighted by Gasteiger charge is 2.46. The molecule has 1 amide bonds. The van der Waals surface area contributed by atoms with Crippen molar-refractivity contribution in [2.45, 2.75) is 32.4 Å². The average Bonchev–Trinajstić information content (AvgIpc) is 2.99. The summed E-state index contributed by atoms with van der Waals surface area (Å²) in [5.41, 5.74) is 0.196. The molecule has 0 saturated heterocycles. The molecule has 1 aromatic heterocycles.